The Balaban J connectivity index is 1.78. The zero-order valence-electron chi connectivity index (χ0n) is 11.5. The van der Waals surface area contributed by atoms with Crippen LogP contribution in [0.4, 0.5) is 5.82 Å². The van der Waals surface area contributed by atoms with Crippen LogP contribution in [0.15, 0.2) is 47.6 Å². The molecule has 3 aromatic rings. The molecule has 5 nitrogen and oxygen atoms in total. The predicted octanol–water partition coefficient (Wildman–Crippen LogP) is 2.91. The third-order valence-electron chi connectivity index (χ3n) is 2.92. The third-order valence-corrected chi connectivity index (χ3v) is 3.80. The number of hydrogen-bond donors (Lipinski definition) is 1. The first-order valence-electron chi connectivity index (χ1n) is 6.40. The van der Waals surface area contributed by atoms with Crippen molar-refractivity contribution >= 4 is 28.5 Å². The molecule has 2 aromatic heterocycles. The monoisotopic (exact) mass is 298 g/mol. The van der Waals surface area contributed by atoms with Gasteiger partial charge in [-0.15, -0.1) is 0 Å². The lowest BCUT2D eigenvalue weighted by Crippen LogP contribution is -1.98. The molecule has 0 aliphatic rings. The summed E-state index contributed by atoms with van der Waals surface area (Å²) >= 11 is 1.48. The van der Waals surface area contributed by atoms with E-state index in [9.17, 15) is 0 Å². The fourth-order valence-electron chi connectivity index (χ4n) is 1.92. The molecule has 6 heteroatoms. The topological polar surface area (TPSA) is 73.9 Å². The number of nitrogen functional groups attached to an aromatic ring is 1. The van der Waals surface area contributed by atoms with Crippen LogP contribution in [0, 0.1) is 0 Å². The van der Waals surface area contributed by atoms with Gasteiger partial charge in [-0.25, -0.2) is 4.98 Å². The van der Waals surface area contributed by atoms with Crippen molar-refractivity contribution in [2.75, 3.05) is 12.8 Å². The van der Waals surface area contributed by atoms with Crippen LogP contribution in [0.2, 0.25) is 0 Å². The molecule has 0 bridgehead atoms. The minimum Gasteiger partial charge on any atom is -0.481 e. The number of anilines is 1. The van der Waals surface area contributed by atoms with Crippen molar-refractivity contribution in [3.63, 3.8) is 0 Å². The van der Waals surface area contributed by atoms with Gasteiger partial charge in [0.2, 0.25) is 5.88 Å². The maximum atomic E-state index is 5.72. The SMILES string of the molecule is COc1cc(N)nc(SCc2ccc3ccccc3n2)n1. The van der Waals surface area contributed by atoms with Crippen LogP contribution in [0.5, 0.6) is 5.88 Å². The third kappa shape index (κ3) is 3.22. The van der Waals surface area contributed by atoms with Crippen LogP contribution in [-0.4, -0.2) is 22.1 Å². The number of ether oxygens (including phenoxy) is 1. The molecule has 2 N–H and O–H groups in total. The van der Waals surface area contributed by atoms with E-state index in [1.54, 1.807) is 13.2 Å². The van der Waals surface area contributed by atoms with E-state index in [0.29, 0.717) is 22.6 Å². The summed E-state index contributed by atoms with van der Waals surface area (Å²) in [6.07, 6.45) is 0. The Morgan fingerprint density at radius 1 is 1.10 bits per heavy atom. The van der Waals surface area contributed by atoms with Crippen molar-refractivity contribution in [2.24, 2.45) is 0 Å². The van der Waals surface area contributed by atoms with E-state index < -0.39 is 0 Å². The molecule has 3 rings (SSSR count). The quantitative estimate of drug-likeness (QED) is 0.589. The van der Waals surface area contributed by atoms with Gasteiger partial charge in [0.1, 0.15) is 5.82 Å². The number of aromatic nitrogens is 3. The van der Waals surface area contributed by atoms with Gasteiger partial charge in [-0.05, 0) is 12.1 Å². The minimum atomic E-state index is 0.399. The van der Waals surface area contributed by atoms with Crippen LogP contribution in [0.3, 0.4) is 0 Å². The maximum Gasteiger partial charge on any atom is 0.219 e. The molecular formula is C15H14N4OS. The van der Waals surface area contributed by atoms with E-state index in [-0.39, 0.29) is 0 Å². The normalized spacial score (nSPS) is 10.7. The number of rotatable bonds is 4. The van der Waals surface area contributed by atoms with Gasteiger partial charge < -0.3 is 10.5 Å². The number of nitrogens with zero attached hydrogens (tertiary/aromatic N) is 3. The molecule has 0 fully saturated rings. The molecule has 0 aliphatic heterocycles. The van der Waals surface area contributed by atoms with Crippen molar-refractivity contribution in [1.29, 1.82) is 0 Å². The van der Waals surface area contributed by atoms with Crippen molar-refractivity contribution in [1.82, 2.24) is 15.0 Å². The van der Waals surface area contributed by atoms with Crippen molar-refractivity contribution in [3.8, 4) is 5.88 Å². The lowest BCUT2D eigenvalue weighted by Gasteiger charge is -2.05. The molecule has 0 spiro atoms. The summed E-state index contributed by atoms with van der Waals surface area (Å²) < 4.78 is 5.09. The standard InChI is InChI=1S/C15H14N4OS/c1-20-14-8-13(16)18-15(19-14)21-9-11-7-6-10-4-2-3-5-12(10)17-11/h2-8H,9H2,1H3,(H2,16,18,19). The molecule has 1 aromatic carbocycles. The first-order valence-corrected chi connectivity index (χ1v) is 7.39. The van der Waals surface area contributed by atoms with Crippen LogP contribution in [-0.2, 0) is 5.75 Å². The van der Waals surface area contributed by atoms with Gasteiger partial charge in [0.05, 0.1) is 18.3 Å². The molecule has 0 radical (unpaired) electrons. The first-order chi connectivity index (χ1) is 10.2. The Kier molecular flexibility index (Phi) is 3.87. The number of methoxy groups -OCH3 is 1. The summed E-state index contributed by atoms with van der Waals surface area (Å²) in [5.41, 5.74) is 7.68. The van der Waals surface area contributed by atoms with Crippen LogP contribution in [0.1, 0.15) is 5.69 Å². The van der Waals surface area contributed by atoms with Crippen LogP contribution >= 0.6 is 11.8 Å². The fraction of sp³-hybridized carbons (Fsp3) is 0.133. The second-order valence-electron chi connectivity index (χ2n) is 4.40. The van der Waals surface area contributed by atoms with Crippen molar-refractivity contribution in [3.05, 3.63) is 48.2 Å². The number of benzene rings is 1. The van der Waals surface area contributed by atoms with Gasteiger partial charge in [-0.3, -0.25) is 4.98 Å². The van der Waals surface area contributed by atoms with Gasteiger partial charge in [-0.1, -0.05) is 36.0 Å². The average Bonchev–Trinajstić information content (AvgIpc) is 2.52. The Labute approximate surface area is 126 Å². The largest absolute Gasteiger partial charge is 0.481 e. The highest BCUT2D eigenvalue weighted by molar-refractivity contribution is 7.98. The van der Waals surface area contributed by atoms with Crippen LogP contribution in [0.25, 0.3) is 10.9 Å². The van der Waals surface area contributed by atoms with Gasteiger partial charge in [0, 0.05) is 17.2 Å². The summed E-state index contributed by atoms with van der Waals surface area (Å²) in [4.78, 5) is 13.0. The molecule has 0 amide bonds. The van der Waals surface area contributed by atoms with E-state index in [1.807, 2.05) is 30.3 Å². The zero-order valence-corrected chi connectivity index (χ0v) is 12.3. The molecule has 0 saturated carbocycles. The summed E-state index contributed by atoms with van der Waals surface area (Å²) in [6, 6.07) is 13.7. The number of hydrogen-bond acceptors (Lipinski definition) is 6. The van der Waals surface area contributed by atoms with Gasteiger partial charge in [0.15, 0.2) is 5.16 Å². The Morgan fingerprint density at radius 3 is 2.81 bits per heavy atom. The van der Waals surface area contributed by atoms with E-state index in [0.717, 1.165) is 16.6 Å². The maximum absolute atomic E-state index is 5.72. The highest BCUT2D eigenvalue weighted by Gasteiger charge is 2.05. The average molecular weight is 298 g/mol. The lowest BCUT2D eigenvalue weighted by atomic mass is 10.2. The predicted molar refractivity (Wildman–Crippen MR) is 84.3 cm³/mol. The number of pyridine rings is 1. The molecular weight excluding hydrogens is 284 g/mol. The molecule has 0 unspecified atom stereocenters. The van der Waals surface area contributed by atoms with Crippen molar-refractivity contribution < 1.29 is 4.74 Å². The minimum absolute atomic E-state index is 0.399. The smallest absolute Gasteiger partial charge is 0.219 e. The van der Waals surface area contributed by atoms with E-state index in [2.05, 4.69) is 21.0 Å². The molecule has 0 saturated heterocycles. The lowest BCUT2D eigenvalue weighted by molar-refractivity contribution is 0.393. The molecule has 0 atom stereocenters. The molecule has 21 heavy (non-hydrogen) atoms. The molecule has 106 valence electrons. The second-order valence-corrected chi connectivity index (χ2v) is 5.34. The summed E-state index contributed by atoms with van der Waals surface area (Å²) in [5, 5.41) is 1.72. The Morgan fingerprint density at radius 2 is 1.95 bits per heavy atom. The van der Waals surface area contributed by atoms with Crippen LogP contribution < -0.4 is 10.5 Å². The van der Waals surface area contributed by atoms with E-state index >= 15 is 0 Å². The molecule has 0 aliphatic carbocycles. The number of fused-ring (bicyclic) bond motifs is 1. The molecule has 2 heterocycles. The highest BCUT2D eigenvalue weighted by Crippen LogP contribution is 2.23. The fourth-order valence-corrected chi connectivity index (χ4v) is 2.68. The number of nitrogens with two attached hydrogens (primary N) is 1. The van der Waals surface area contributed by atoms with Gasteiger partial charge in [-0.2, -0.15) is 4.98 Å². The highest BCUT2D eigenvalue weighted by atomic mass is 32.2. The second kappa shape index (κ2) is 5.97. The van der Waals surface area contributed by atoms with Crippen molar-refractivity contribution in [2.45, 2.75) is 10.9 Å². The van der Waals surface area contributed by atoms with E-state index in [1.165, 1.54) is 11.8 Å². The summed E-state index contributed by atoms with van der Waals surface area (Å²) in [6.45, 7) is 0. The Bertz CT molecular complexity index is 778. The zero-order chi connectivity index (χ0) is 14.7. The van der Waals surface area contributed by atoms with Gasteiger partial charge >= 0.3 is 0 Å². The summed E-state index contributed by atoms with van der Waals surface area (Å²) in [7, 11) is 1.56. The van der Waals surface area contributed by atoms with E-state index in [4.69, 9.17) is 10.5 Å². The Hall–Kier alpha value is -2.34. The number of para-hydroxylation sites is 1. The first kappa shape index (κ1) is 13.6. The summed E-state index contributed by atoms with van der Waals surface area (Å²) in [5.74, 6) is 1.55. The number of thioether (sulfide) groups is 1. The van der Waals surface area contributed by atoms with Gasteiger partial charge in [0.25, 0.3) is 0 Å².